The Morgan fingerprint density at radius 2 is 1.77 bits per heavy atom. The van der Waals surface area contributed by atoms with Crippen molar-refractivity contribution < 1.29 is 13.9 Å². The highest BCUT2D eigenvalue weighted by atomic mass is 19.1. The number of halogens is 1. The third-order valence-electron chi connectivity index (χ3n) is 6.22. The molecule has 0 aliphatic carbocycles. The van der Waals surface area contributed by atoms with Crippen LogP contribution in [-0.4, -0.2) is 47.2 Å². The van der Waals surface area contributed by atoms with E-state index in [1.165, 1.54) is 5.56 Å². The minimum absolute atomic E-state index is 0.214. The Balaban J connectivity index is 1.56. The normalized spacial score (nSPS) is 24.5. The zero-order valence-corrected chi connectivity index (χ0v) is 18.1. The van der Waals surface area contributed by atoms with Gasteiger partial charge >= 0.3 is 6.09 Å². The Kier molecular flexibility index (Phi) is 5.83. The molecule has 0 saturated carbocycles. The lowest BCUT2D eigenvalue weighted by Gasteiger charge is -2.39. The number of amides is 1. The summed E-state index contributed by atoms with van der Waals surface area (Å²) in [5.74, 6) is 0.360. The van der Waals surface area contributed by atoms with E-state index in [1.807, 2.05) is 43.9 Å². The number of nitrogens with zero attached hydrogens (tertiary/aromatic N) is 2. The smallest absolute Gasteiger partial charge is 0.410 e. The maximum Gasteiger partial charge on any atom is 0.410 e. The summed E-state index contributed by atoms with van der Waals surface area (Å²) in [5.41, 5.74) is 1.94. The minimum atomic E-state index is -0.501. The Hall–Kier alpha value is -2.40. The molecule has 0 aromatic heterocycles. The molecule has 4 nitrogen and oxygen atoms in total. The molecule has 0 unspecified atom stereocenters. The van der Waals surface area contributed by atoms with Crippen LogP contribution in [0.3, 0.4) is 0 Å². The molecule has 2 aromatic rings. The third-order valence-corrected chi connectivity index (χ3v) is 6.22. The number of ether oxygens (including phenoxy) is 1. The van der Waals surface area contributed by atoms with Gasteiger partial charge in [0.05, 0.1) is 0 Å². The molecule has 2 fully saturated rings. The van der Waals surface area contributed by atoms with E-state index < -0.39 is 5.60 Å². The fourth-order valence-corrected chi connectivity index (χ4v) is 4.90. The summed E-state index contributed by atoms with van der Waals surface area (Å²) in [6, 6.07) is 17.8. The second kappa shape index (κ2) is 8.38. The molecule has 0 bridgehead atoms. The van der Waals surface area contributed by atoms with E-state index in [9.17, 15) is 9.18 Å². The Labute approximate surface area is 178 Å². The number of fused-ring (bicyclic) bond motifs is 1. The number of rotatable bonds is 3. The van der Waals surface area contributed by atoms with Gasteiger partial charge in [0.25, 0.3) is 0 Å². The van der Waals surface area contributed by atoms with E-state index in [4.69, 9.17) is 4.74 Å². The summed E-state index contributed by atoms with van der Waals surface area (Å²) in [6.07, 6.45) is 0.689. The highest BCUT2D eigenvalue weighted by Gasteiger charge is 2.46. The summed E-state index contributed by atoms with van der Waals surface area (Å²) in [4.78, 5) is 17.1. The molecule has 0 radical (unpaired) electrons. The summed E-state index contributed by atoms with van der Waals surface area (Å²) >= 11 is 0. The van der Waals surface area contributed by atoms with Crippen molar-refractivity contribution in [3.8, 4) is 0 Å². The number of carbonyl (C=O) groups excluding carboxylic acids is 1. The SMILES string of the molecule is CC(C)(C)OC(=O)N1CC[C@H]2[C@@H](C1)[C@H](c1ccc(F)cc1)CN2Cc1ccccc1. The van der Waals surface area contributed by atoms with Gasteiger partial charge in [-0.25, -0.2) is 9.18 Å². The molecule has 2 aromatic carbocycles. The first kappa shape index (κ1) is 20.9. The Bertz CT molecular complexity index is 863. The molecule has 5 heteroatoms. The first-order valence-corrected chi connectivity index (χ1v) is 10.8. The Morgan fingerprint density at radius 3 is 2.43 bits per heavy atom. The lowest BCUT2D eigenvalue weighted by molar-refractivity contribution is 0.0105. The van der Waals surface area contributed by atoms with Crippen molar-refractivity contribution in [2.24, 2.45) is 5.92 Å². The maximum atomic E-state index is 13.5. The molecule has 2 saturated heterocycles. The molecule has 2 heterocycles. The van der Waals surface area contributed by atoms with Gasteiger partial charge in [-0.15, -0.1) is 0 Å². The lowest BCUT2D eigenvalue weighted by atomic mass is 9.82. The zero-order valence-electron chi connectivity index (χ0n) is 18.1. The predicted octanol–water partition coefficient (Wildman–Crippen LogP) is 5.05. The fraction of sp³-hybridized carbons (Fsp3) is 0.480. The number of hydrogen-bond acceptors (Lipinski definition) is 3. The Morgan fingerprint density at radius 1 is 1.07 bits per heavy atom. The van der Waals surface area contributed by atoms with Crippen molar-refractivity contribution in [1.82, 2.24) is 9.80 Å². The van der Waals surface area contributed by atoms with Crippen molar-refractivity contribution in [3.05, 3.63) is 71.5 Å². The quantitative estimate of drug-likeness (QED) is 0.710. The number of piperidine rings is 1. The van der Waals surface area contributed by atoms with E-state index in [0.717, 1.165) is 25.1 Å². The molecule has 160 valence electrons. The van der Waals surface area contributed by atoms with Crippen LogP contribution in [0.5, 0.6) is 0 Å². The molecule has 4 rings (SSSR count). The second-order valence-electron chi connectivity index (χ2n) is 9.52. The van der Waals surface area contributed by atoms with Gasteiger partial charge in [0.1, 0.15) is 11.4 Å². The van der Waals surface area contributed by atoms with Crippen molar-refractivity contribution in [2.75, 3.05) is 19.6 Å². The largest absolute Gasteiger partial charge is 0.444 e. The van der Waals surface area contributed by atoms with E-state index in [0.29, 0.717) is 25.0 Å². The second-order valence-corrected chi connectivity index (χ2v) is 9.52. The molecule has 0 N–H and O–H groups in total. The first-order valence-electron chi connectivity index (χ1n) is 10.8. The highest BCUT2D eigenvalue weighted by Crippen LogP contribution is 2.42. The molecule has 2 aliphatic rings. The van der Waals surface area contributed by atoms with Gasteiger partial charge in [0, 0.05) is 44.1 Å². The first-order chi connectivity index (χ1) is 14.3. The van der Waals surface area contributed by atoms with Gasteiger partial charge in [-0.1, -0.05) is 42.5 Å². The van der Waals surface area contributed by atoms with Gasteiger partial charge in [0.15, 0.2) is 0 Å². The van der Waals surface area contributed by atoms with Crippen LogP contribution in [0, 0.1) is 11.7 Å². The zero-order chi connectivity index (χ0) is 21.3. The molecule has 1 amide bonds. The summed E-state index contributed by atoms with van der Waals surface area (Å²) in [6.45, 7) is 8.89. The van der Waals surface area contributed by atoms with Crippen LogP contribution in [0.1, 0.15) is 44.2 Å². The lowest BCUT2D eigenvalue weighted by Crippen LogP contribution is -2.49. The van der Waals surface area contributed by atoms with Crippen molar-refractivity contribution >= 4 is 6.09 Å². The monoisotopic (exact) mass is 410 g/mol. The van der Waals surface area contributed by atoms with Crippen LogP contribution >= 0.6 is 0 Å². The average Bonchev–Trinajstić information content (AvgIpc) is 3.06. The number of likely N-dealkylation sites (tertiary alicyclic amines) is 2. The van der Waals surface area contributed by atoms with E-state index in [-0.39, 0.29) is 17.8 Å². The fourth-order valence-electron chi connectivity index (χ4n) is 4.90. The van der Waals surface area contributed by atoms with Crippen LogP contribution in [0.15, 0.2) is 54.6 Å². The van der Waals surface area contributed by atoms with Gasteiger partial charge in [-0.05, 0) is 50.5 Å². The van der Waals surface area contributed by atoms with Crippen molar-refractivity contribution in [3.63, 3.8) is 0 Å². The maximum absolute atomic E-state index is 13.5. The molecule has 2 aliphatic heterocycles. The number of carbonyl (C=O) groups is 1. The topological polar surface area (TPSA) is 32.8 Å². The summed E-state index contributed by atoms with van der Waals surface area (Å²) < 4.78 is 19.1. The average molecular weight is 411 g/mol. The standard InChI is InChI=1S/C25H31FN2O2/c1-25(2,3)30-24(29)27-14-13-23-22(17-27)21(19-9-11-20(26)12-10-19)16-28(23)15-18-7-5-4-6-8-18/h4-12,21-23H,13-17H2,1-3H3/t21-,22-,23-/m0/s1. The van der Waals surface area contributed by atoms with E-state index >= 15 is 0 Å². The van der Waals surface area contributed by atoms with Crippen molar-refractivity contribution in [2.45, 2.75) is 51.3 Å². The number of benzene rings is 2. The van der Waals surface area contributed by atoms with Crippen LogP contribution in [0.25, 0.3) is 0 Å². The van der Waals surface area contributed by atoms with E-state index in [2.05, 4.69) is 29.2 Å². The molecular formula is C25H31FN2O2. The van der Waals surface area contributed by atoms with Crippen LogP contribution in [0.2, 0.25) is 0 Å². The number of hydrogen-bond donors (Lipinski definition) is 0. The summed E-state index contributed by atoms with van der Waals surface area (Å²) in [7, 11) is 0. The molecule has 3 atom stereocenters. The van der Waals surface area contributed by atoms with Gasteiger partial charge in [0.2, 0.25) is 0 Å². The van der Waals surface area contributed by atoms with Gasteiger partial charge < -0.3 is 9.64 Å². The molecule has 0 spiro atoms. The van der Waals surface area contributed by atoms with Crippen LogP contribution in [0.4, 0.5) is 9.18 Å². The highest BCUT2D eigenvalue weighted by molar-refractivity contribution is 5.68. The molecular weight excluding hydrogens is 379 g/mol. The molecule has 30 heavy (non-hydrogen) atoms. The van der Waals surface area contributed by atoms with Gasteiger partial charge in [-0.2, -0.15) is 0 Å². The summed E-state index contributed by atoms with van der Waals surface area (Å²) in [5, 5.41) is 0. The third kappa shape index (κ3) is 4.67. The van der Waals surface area contributed by atoms with Gasteiger partial charge in [-0.3, -0.25) is 4.90 Å². The van der Waals surface area contributed by atoms with Crippen LogP contribution in [-0.2, 0) is 11.3 Å². The minimum Gasteiger partial charge on any atom is -0.444 e. The van der Waals surface area contributed by atoms with Crippen molar-refractivity contribution in [1.29, 1.82) is 0 Å². The van der Waals surface area contributed by atoms with Crippen LogP contribution < -0.4 is 0 Å². The van der Waals surface area contributed by atoms with E-state index in [1.54, 1.807) is 12.1 Å². The predicted molar refractivity (Wildman–Crippen MR) is 116 cm³/mol.